The van der Waals surface area contributed by atoms with Crippen molar-refractivity contribution in [2.24, 2.45) is 5.73 Å². The van der Waals surface area contributed by atoms with Gasteiger partial charge >= 0.3 is 0 Å². The molecule has 1 unspecified atom stereocenters. The quantitative estimate of drug-likeness (QED) is 0.435. The summed E-state index contributed by atoms with van der Waals surface area (Å²) in [6.07, 6.45) is 3.73. The molecule has 2 N–H and O–H groups in total. The standard InChI is InChI=1S/C6H13NS/c1-2-3-6(7)4-5-8/h2,6,8H,1,3-5,7H2. The first-order valence-electron chi connectivity index (χ1n) is 2.78. The summed E-state index contributed by atoms with van der Waals surface area (Å²) in [7, 11) is 0. The van der Waals surface area contributed by atoms with E-state index in [4.69, 9.17) is 5.73 Å². The van der Waals surface area contributed by atoms with Crippen molar-refractivity contribution >= 4 is 12.6 Å². The van der Waals surface area contributed by atoms with Gasteiger partial charge in [-0.05, 0) is 18.6 Å². The third kappa shape index (κ3) is 4.22. The molecule has 1 nitrogen and oxygen atoms in total. The minimum absolute atomic E-state index is 0.269. The molecule has 0 aliphatic carbocycles. The molecule has 0 radical (unpaired) electrons. The fourth-order valence-electron chi connectivity index (χ4n) is 0.498. The smallest absolute Gasteiger partial charge is 0.00810 e. The number of nitrogens with two attached hydrogens (primary N) is 1. The molecule has 0 bridgehead atoms. The van der Waals surface area contributed by atoms with Crippen molar-refractivity contribution in [2.45, 2.75) is 18.9 Å². The second-order valence-corrected chi connectivity index (χ2v) is 2.24. The Morgan fingerprint density at radius 3 is 2.75 bits per heavy atom. The zero-order valence-electron chi connectivity index (χ0n) is 5.01. The summed E-state index contributed by atoms with van der Waals surface area (Å²) >= 11 is 4.04. The predicted molar refractivity (Wildman–Crippen MR) is 41.3 cm³/mol. The van der Waals surface area contributed by atoms with Gasteiger partial charge < -0.3 is 5.73 Å². The highest BCUT2D eigenvalue weighted by Gasteiger charge is 1.94. The van der Waals surface area contributed by atoms with Crippen LogP contribution >= 0.6 is 12.6 Å². The van der Waals surface area contributed by atoms with Gasteiger partial charge in [-0.25, -0.2) is 0 Å². The minimum atomic E-state index is 0.269. The fraction of sp³-hybridized carbons (Fsp3) is 0.667. The van der Waals surface area contributed by atoms with Gasteiger partial charge in [0.1, 0.15) is 0 Å². The Balaban J connectivity index is 3.03. The fourth-order valence-corrected chi connectivity index (χ4v) is 0.829. The molecule has 0 rings (SSSR count). The van der Waals surface area contributed by atoms with Crippen LogP contribution in [0.4, 0.5) is 0 Å². The average Bonchev–Trinajstić information content (AvgIpc) is 1.68. The summed E-state index contributed by atoms with van der Waals surface area (Å²) in [5.74, 6) is 0.870. The highest BCUT2D eigenvalue weighted by molar-refractivity contribution is 7.80. The molecule has 0 aromatic rings. The van der Waals surface area contributed by atoms with Crippen molar-refractivity contribution in [3.05, 3.63) is 12.7 Å². The van der Waals surface area contributed by atoms with Crippen LogP contribution in [0.3, 0.4) is 0 Å². The van der Waals surface area contributed by atoms with Crippen molar-refractivity contribution in [2.75, 3.05) is 5.75 Å². The van der Waals surface area contributed by atoms with E-state index in [0.717, 1.165) is 18.6 Å². The SMILES string of the molecule is C=CCC(N)CCS. The van der Waals surface area contributed by atoms with E-state index < -0.39 is 0 Å². The molecule has 2 heteroatoms. The zero-order chi connectivity index (χ0) is 6.41. The highest BCUT2D eigenvalue weighted by Crippen LogP contribution is 1.95. The molecule has 0 spiro atoms. The molecule has 0 saturated carbocycles. The lowest BCUT2D eigenvalue weighted by atomic mass is 10.2. The zero-order valence-corrected chi connectivity index (χ0v) is 5.90. The maximum Gasteiger partial charge on any atom is 0.00810 e. The summed E-state index contributed by atoms with van der Waals surface area (Å²) < 4.78 is 0. The maximum atomic E-state index is 5.57. The molecule has 0 fully saturated rings. The van der Waals surface area contributed by atoms with Gasteiger partial charge in [0.05, 0.1) is 0 Å². The molecule has 0 saturated heterocycles. The molecule has 0 amide bonds. The van der Waals surface area contributed by atoms with E-state index in [1.165, 1.54) is 0 Å². The van der Waals surface area contributed by atoms with Crippen LogP contribution in [-0.4, -0.2) is 11.8 Å². The molecule has 8 heavy (non-hydrogen) atoms. The van der Waals surface area contributed by atoms with Gasteiger partial charge in [0.2, 0.25) is 0 Å². The Hall–Kier alpha value is 0.0500. The molecule has 0 aromatic carbocycles. The largest absolute Gasteiger partial charge is 0.327 e. The van der Waals surface area contributed by atoms with Crippen LogP contribution in [0.15, 0.2) is 12.7 Å². The second kappa shape index (κ2) is 5.19. The minimum Gasteiger partial charge on any atom is -0.327 e. The topological polar surface area (TPSA) is 26.0 Å². The first-order valence-corrected chi connectivity index (χ1v) is 3.42. The van der Waals surface area contributed by atoms with Gasteiger partial charge in [-0.1, -0.05) is 6.08 Å². The number of thiol groups is 1. The van der Waals surface area contributed by atoms with E-state index in [1.807, 2.05) is 6.08 Å². The summed E-state index contributed by atoms with van der Waals surface area (Å²) in [6.45, 7) is 3.58. The summed E-state index contributed by atoms with van der Waals surface area (Å²) in [5.41, 5.74) is 5.57. The lowest BCUT2D eigenvalue weighted by Crippen LogP contribution is -2.18. The maximum absolute atomic E-state index is 5.57. The molecular formula is C6H13NS. The van der Waals surface area contributed by atoms with Gasteiger partial charge in [-0.15, -0.1) is 6.58 Å². The highest BCUT2D eigenvalue weighted by atomic mass is 32.1. The lowest BCUT2D eigenvalue weighted by molar-refractivity contribution is 0.666. The third-order valence-electron chi connectivity index (χ3n) is 0.969. The van der Waals surface area contributed by atoms with Crippen molar-refractivity contribution in [3.63, 3.8) is 0 Å². The number of rotatable bonds is 4. The van der Waals surface area contributed by atoms with E-state index in [9.17, 15) is 0 Å². The van der Waals surface area contributed by atoms with Crippen LogP contribution in [-0.2, 0) is 0 Å². The van der Waals surface area contributed by atoms with Gasteiger partial charge in [-0.2, -0.15) is 12.6 Å². The molecule has 0 aliphatic heterocycles. The van der Waals surface area contributed by atoms with Crippen LogP contribution in [0, 0.1) is 0 Å². The average molecular weight is 131 g/mol. The third-order valence-corrected chi connectivity index (χ3v) is 1.23. The number of hydrogen-bond acceptors (Lipinski definition) is 2. The summed E-state index contributed by atoms with van der Waals surface area (Å²) in [4.78, 5) is 0. The van der Waals surface area contributed by atoms with Crippen LogP contribution in [0.5, 0.6) is 0 Å². The van der Waals surface area contributed by atoms with E-state index in [-0.39, 0.29) is 6.04 Å². The lowest BCUT2D eigenvalue weighted by Gasteiger charge is -2.03. The van der Waals surface area contributed by atoms with E-state index >= 15 is 0 Å². The molecule has 0 aromatic heterocycles. The van der Waals surface area contributed by atoms with Crippen molar-refractivity contribution in [3.8, 4) is 0 Å². The summed E-state index contributed by atoms with van der Waals surface area (Å²) in [6, 6.07) is 0.269. The predicted octanol–water partition coefficient (Wildman–Crippen LogP) is 1.21. The van der Waals surface area contributed by atoms with Gasteiger partial charge in [0.25, 0.3) is 0 Å². The van der Waals surface area contributed by atoms with E-state index in [1.54, 1.807) is 0 Å². The van der Waals surface area contributed by atoms with Crippen LogP contribution < -0.4 is 5.73 Å². The van der Waals surface area contributed by atoms with E-state index in [0.29, 0.717) is 0 Å². The van der Waals surface area contributed by atoms with Crippen molar-refractivity contribution in [1.82, 2.24) is 0 Å². The van der Waals surface area contributed by atoms with Gasteiger partial charge in [-0.3, -0.25) is 0 Å². The van der Waals surface area contributed by atoms with Gasteiger partial charge in [0, 0.05) is 6.04 Å². The summed E-state index contributed by atoms with van der Waals surface area (Å²) in [5, 5.41) is 0. The Labute approximate surface area is 56.4 Å². The Bertz CT molecular complexity index is 63.5. The second-order valence-electron chi connectivity index (χ2n) is 1.80. The molecule has 0 aliphatic rings. The van der Waals surface area contributed by atoms with Crippen LogP contribution in [0.25, 0.3) is 0 Å². The van der Waals surface area contributed by atoms with E-state index in [2.05, 4.69) is 19.2 Å². The Morgan fingerprint density at radius 2 is 2.38 bits per heavy atom. The number of hydrogen-bond donors (Lipinski definition) is 2. The molecule has 1 atom stereocenters. The first kappa shape index (κ1) is 8.05. The normalized spacial score (nSPS) is 13.2. The van der Waals surface area contributed by atoms with Crippen LogP contribution in [0.1, 0.15) is 12.8 Å². The molecule has 48 valence electrons. The van der Waals surface area contributed by atoms with Crippen molar-refractivity contribution < 1.29 is 0 Å². The first-order chi connectivity index (χ1) is 3.81. The Morgan fingerprint density at radius 1 is 1.75 bits per heavy atom. The van der Waals surface area contributed by atoms with Gasteiger partial charge in [0.15, 0.2) is 0 Å². The van der Waals surface area contributed by atoms with Crippen molar-refractivity contribution in [1.29, 1.82) is 0 Å². The monoisotopic (exact) mass is 131 g/mol. The van der Waals surface area contributed by atoms with Crippen LogP contribution in [0.2, 0.25) is 0 Å². The molecular weight excluding hydrogens is 118 g/mol. The Kier molecular flexibility index (Phi) is 5.22. The molecule has 0 heterocycles.